The first kappa shape index (κ1) is 19.0. The molecule has 0 unspecified atom stereocenters. The van der Waals surface area contributed by atoms with Crippen molar-refractivity contribution in [3.05, 3.63) is 63.9 Å². The molecule has 0 atom stereocenters. The van der Waals surface area contributed by atoms with E-state index in [1.165, 1.54) is 11.3 Å². The minimum atomic E-state index is 0.719. The Morgan fingerprint density at radius 3 is 2.69 bits per heavy atom. The number of nitrogens with one attached hydrogen (secondary N) is 1. The molecule has 0 radical (unpaired) electrons. The summed E-state index contributed by atoms with van der Waals surface area (Å²) in [6.07, 6.45) is 1.88. The molecule has 0 fully saturated rings. The first-order chi connectivity index (χ1) is 14.2. The van der Waals surface area contributed by atoms with E-state index in [2.05, 4.69) is 29.0 Å². The first-order valence-electron chi connectivity index (χ1n) is 9.13. The van der Waals surface area contributed by atoms with E-state index in [-0.39, 0.29) is 0 Å². The fraction of sp³-hybridized carbons (Fsp3) is 0.182. The van der Waals surface area contributed by atoms with Gasteiger partial charge in [-0.1, -0.05) is 18.2 Å². The zero-order valence-corrected chi connectivity index (χ0v) is 17.6. The van der Waals surface area contributed by atoms with Crippen molar-refractivity contribution in [2.45, 2.75) is 6.92 Å². The number of aryl methyl sites for hydroxylation is 1. The second-order valence-electron chi connectivity index (χ2n) is 6.46. The number of ether oxygens (including phenoxy) is 2. The number of H-pyrrole nitrogens is 1. The van der Waals surface area contributed by atoms with Crippen LogP contribution in [0.2, 0.25) is 0 Å². The summed E-state index contributed by atoms with van der Waals surface area (Å²) in [7, 11) is 5.06. The van der Waals surface area contributed by atoms with Gasteiger partial charge in [-0.25, -0.2) is 4.68 Å². The topological polar surface area (TPSA) is 63.9 Å². The number of thiazole rings is 1. The number of methoxy groups -OCH3 is 2. The highest BCUT2D eigenvalue weighted by Gasteiger charge is 2.14. The van der Waals surface area contributed by atoms with Crippen LogP contribution in [-0.4, -0.2) is 37.1 Å². The summed E-state index contributed by atoms with van der Waals surface area (Å²) in [5.74, 6) is 1.46. The second-order valence-corrected chi connectivity index (χ2v) is 7.30. The van der Waals surface area contributed by atoms with Crippen LogP contribution in [0.5, 0.6) is 11.5 Å². The van der Waals surface area contributed by atoms with Gasteiger partial charge in [0.15, 0.2) is 0 Å². The molecule has 6 nitrogen and oxygen atoms in total. The van der Waals surface area contributed by atoms with Gasteiger partial charge >= 0.3 is 0 Å². The van der Waals surface area contributed by atoms with Crippen LogP contribution < -0.4 is 14.3 Å². The van der Waals surface area contributed by atoms with Crippen LogP contribution in [0.4, 0.5) is 0 Å². The van der Waals surface area contributed by atoms with Crippen molar-refractivity contribution >= 4 is 28.5 Å². The van der Waals surface area contributed by atoms with E-state index in [1.54, 1.807) is 21.3 Å². The van der Waals surface area contributed by atoms with E-state index in [0.717, 1.165) is 49.7 Å². The molecule has 29 heavy (non-hydrogen) atoms. The maximum atomic E-state index is 5.59. The average molecular weight is 407 g/mol. The molecule has 7 heteroatoms. The highest BCUT2D eigenvalue weighted by molar-refractivity contribution is 7.07. The van der Waals surface area contributed by atoms with E-state index in [0.29, 0.717) is 0 Å². The van der Waals surface area contributed by atoms with Crippen LogP contribution >= 0.6 is 11.3 Å². The quantitative estimate of drug-likeness (QED) is 0.498. The summed E-state index contributed by atoms with van der Waals surface area (Å²) < 4.78 is 12.8. The lowest BCUT2D eigenvalue weighted by Crippen LogP contribution is -2.12. The Balaban J connectivity index is 1.85. The van der Waals surface area contributed by atoms with Gasteiger partial charge in [0.25, 0.3) is 0 Å². The molecule has 4 aromatic rings. The zero-order chi connectivity index (χ0) is 20.4. The van der Waals surface area contributed by atoms with Crippen molar-refractivity contribution in [3.8, 4) is 22.8 Å². The third-order valence-corrected chi connectivity index (χ3v) is 5.71. The molecule has 0 aliphatic heterocycles. The number of aromatic amines is 1. The monoisotopic (exact) mass is 406 g/mol. The number of benzene rings is 2. The molecule has 0 aliphatic rings. The summed E-state index contributed by atoms with van der Waals surface area (Å²) in [4.78, 5) is 8.59. The molecule has 148 valence electrons. The summed E-state index contributed by atoms with van der Waals surface area (Å²) >= 11 is 1.53. The Morgan fingerprint density at radius 1 is 1.10 bits per heavy atom. The molecule has 2 aromatic carbocycles. The largest absolute Gasteiger partial charge is 0.497 e. The number of rotatable bonds is 5. The van der Waals surface area contributed by atoms with Crippen LogP contribution in [0.1, 0.15) is 11.3 Å². The number of nitrogens with zero attached hydrogens (tertiary/aromatic N) is 3. The first-order valence-corrected chi connectivity index (χ1v) is 10.0. The lowest BCUT2D eigenvalue weighted by Gasteiger charge is -2.10. The third-order valence-electron chi connectivity index (χ3n) is 4.81. The fourth-order valence-electron chi connectivity index (χ4n) is 3.34. The third kappa shape index (κ3) is 3.45. The van der Waals surface area contributed by atoms with Crippen molar-refractivity contribution in [3.63, 3.8) is 0 Å². The van der Waals surface area contributed by atoms with Crippen LogP contribution in [-0.2, 0) is 0 Å². The predicted molar refractivity (Wildman–Crippen MR) is 118 cm³/mol. The van der Waals surface area contributed by atoms with Gasteiger partial charge < -0.3 is 14.5 Å². The van der Waals surface area contributed by atoms with Crippen LogP contribution in [0.15, 0.2) is 57.9 Å². The van der Waals surface area contributed by atoms with Crippen molar-refractivity contribution in [2.75, 3.05) is 21.3 Å². The van der Waals surface area contributed by atoms with Crippen molar-refractivity contribution in [1.82, 2.24) is 9.66 Å². The molecule has 0 bridgehead atoms. The van der Waals surface area contributed by atoms with Crippen LogP contribution in [0, 0.1) is 6.92 Å². The summed E-state index contributed by atoms with van der Waals surface area (Å²) in [5, 5.41) is 7.96. The van der Waals surface area contributed by atoms with E-state index in [4.69, 9.17) is 14.6 Å². The molecule has 0 saturated carbocycles. The van der Waals surface area contributed by atoms with Crippen LogP contribution in [0.25, 0.3) is 22.2 Å². The highest BCUT2D eigenvalue weighted by Crippen LogP contribution is 2.33. The number of para-hydroxylation sites is 1. The Morgan fingerprint density at radius 2 is 1.93 bits per heavy atom. The maximum Gasteiger partial charge on any atom is 0.205 e. The Kier molecular flexibility index (Phi) is 5.22. The molecule has 0 aliphatic carbocycles. The smallest absolute Gasteiger partial charge is 0.205 e. The lowest BCUT2D eigenvalue weighted by molar-refractivity contribution is 0.395. The van der Waals surface area contributed by atoms with Gasteiger partial charge in [0.2, 0.25) is 4.80 Å². The van der Waals surface area contributed by atoms with Gasteiger partial charge in [0.05, 0.1) is 26.1 Å². The molecule has 2 aromatic heterocycles. The second kappa shape index (κ2) is 7.97. The van der Waals surface area contributed by atoms with E-state index in [9.17, 15) is 0 Å². The van der Waals surface area contributed by atoms with Gasteiger partial charge in [-0.3, -0.25) is 4.99 Å². The number of hydrogen-bond acceptors (Lipinski definition) is 5. The molecule has 1 N–H and O–H groups in total. The van der Waals surface area contributed by atoms with Crippen molar-refractivity contribution in [2.24, 2.45) is 10.1 Å². The number of aromatic nitrogens is 2. The minimum Gasteiger partial charge on any atom is -0.497 e. The minimum absolute atomic E-state index is 0.719. The average Bonchev–Trinajstić information content (AvgIpc) is 3.31. The normalized spacial score (nSPS) is 12.2. The summed E-state index contributed by atoms with van der Waals surface area (Å²) in [6.45, 7) is 2.05. The Bertz CT molecular complexity index is 1260. The Labute approximate surface area is 172 Å². The SMILES string of the molecule is CN=c1scc(-c2ccc(OC)cc2OC)n1N=Cc1c(C)[nH]c2ccccc12. The van der Waals surface area contributed by atoms with E-state index in [1.807, 2.05) is 46.6 Å². The lowest BCUT2D eigenvalue weighted by atomic mass is 10.1. The highest BCUT2D eigenvalue weighted by atomic mass is 32.1. The molecular formula is C22H22N4O2S. The summed E-state index contributed by atoms with van der Waals surface area (Å²) in [5.41, 5.74) is 5.06. The van der Waals surface area contributed by atoms with Gasteiger partial charge in [0, 0.05) is 46.2 Å². The molecule has 2 heterocycles. The summed E-state index contributed by atoms with van der Waals surface area (Å²) in [6, 6.07) is 14.0. The van der Waals surface area contributed by atoms with Crippen molar-refractivity contribution in [1.29, 1.82) is 0 Å². The molecule has 0 spiro atoms. The van der Waals surface area contributed by atoms with Crippen LogP contribution in [0.3, 0.4) is 0 Å². The standard InChI is InChI=1S/C22H22N4O2S/c1-14-18(16-7-5-6-8-19(16)25-14)12-24-26-20(13-29-22(26)23-2)17-10-9-15(27-3)11-21(17)28-4/h5-13,25H,1-4H3. The van der Waals surface area contributed by atoms with Gasteiger partial charge in [-0.2, -0.15) is 5.10 Å². The molecular weight excluding hydrogens is 384 g/mol. The fourth-order valence-corrected chi connectivity index (χ4v) is 4.13. The number of fused-ring (bicyclic) bond motifs is 1. The van der Waals surface area contributed by atoms with Gasteiger partial charge in [0.1, 0.15) is 11.5 Å². The van der Waals surface area contributed by atoms with Gasteiger partial charge in [-0.05, 0) is 25.1 Å². The Hall–Kier alpha value is -3.32. The predicted octanol–water partition coefficient (Wildman–Crippen LogP) is 4.44. The molecule has 4 rings (SSSR count). The zero-order valence-electron chi connectivity index (χ0n) is 16.8. The van der Waals surface area contributed by atoms with Crippen molar-refractivity contribution < 1.29 is 9.47 Å². The molecule has 0 saturated heterocycles. The van der Waals surface area contributed by atoms with E-state index >= 15 is 0 Å². The number of hydrogen-bond donors (Lipinski definition) is 1. The van der Waals surface area contributed by atoms with E-state index < -0.39 is 0 Å². The molecule has 0 amide bonds. The maximum absolute atomic E-state index is 5.59. The van der Waals surface area contributed by atoms with Gasteiger partial charge in [-0.15, -0.1) is 11.3 Å².